The van der Waals surface area contributed by atoms with Crippen molar-refractivity contribution in [2.24, 2.45) is 5.73 Å². The van der Waals surface area contributed by atoms with Crippen LogP contribution in [0.25, 0.3) is 0 Å². The summed E-state index contributed by atoms with van der Waals surface area (Å²) in [5.41, 5.74) is 5.72. The zero-order valence-electron chi connectivity index (χ0n) is 8.12. The van der Waals surface area contributed by atoms with Gasteiger partial charge in [-0.1, -0.05) is 0 Å². The Bertz CT molecular complexity index is 128. The molecule has 0 aromatic carbocycles. The summed E-state index contributed by atoms with van der Waals surface area (Å²) in [6.07, 6.45) is 1.13. The van der Waals surface area contributed by atoms with E-state index in [1.165, 1.54) is 24.6 Å². The molecule has 12 heavy (non-hydrogen) atoms. The van der Waals surface area contributed by atoms with Crippen molar-refractivity contribution in [2.75, 3.05) is 24.6 Å². The first kappa shape index (κ1) is 10.4. The van der Waals surface area contributed by atoms with E-state index in [1.54, 1.807) is 0 Å². The second kappa shape index (κ2) is 5.10. The topological polar surface area (TPSA) is 29.3 Å². The summed E-state index contributed by atoms with van der Waals surface area (Å²) >= 11 is 2.07. The molecule has 0 aromatic rings. The number of rotatable bonds is 3. The fourth-order valence-electron chi connectivity index (χ4n) is 1.46. The Morgan fingerprint density at radius 3 is 3.00 bits per heavy atom. The van der Waals surface area contributed by atoms with Crippen molar-refractivity contribution in [3.8, 4) is 0 Å². The number of thioether (sulfide) groups is 1. The number of nitrogens with zero attached hydrogens (tertiary/aromatic N) is 1. The van der Waals surface area contributed by atoms with Gasteiger partial charge < -0.3 is 5.73 Å². The second-order valence-electron chi connectivity index (χ2n) is 3.73. The molecule has 0 radical (unpaired) electrons. The van der Waals surface area contributed by atoms with Crippen LogP contribution in [0.4, 0.5) is 0 Å². The molecule has 0 saturated carbocycles. The molecule has 1 aliphatic rings. The van der Waals surface area contributed by atoms with E-state index in [1.807, 2.05) is 0 Å². The van der Waals surface area contributed by atoms with E-state index in [0.29, 0.717) is 6.04 Å². The highest BCUT2D eigenvalue weighted by atomic mass is 32.2. The Hall–Kier alpha value is 0.270. The molecular weight excluding hydrogens is 168 g/mol. The average Bonchev–Trinajstić information content (AvgIpc) is 2.03. The Kier molecular flexibility index (Phi) is 4.40. The first-order valence-electron chi connectivity index (χ1n) is 4.77. The smallest absolute Gasteiger partial charge is 0.0158 e. The molecule has 72 valence electrons. The molecule has 3 heteroatoms. The van der Waals surface area contributed by atoms with Crippen LogP contribution < -0.4 is 5.73 Å². The van der Waals surface area contributed by atoms with E-state index >= 15 is 0 Å². The molecule has 1 saturated heterocycles. The summed E-state index contributed by atoms with van der Waals surface area (Å²) in [6.45, 7) is 6.83. The molecule has 2 unspecified atom stereocenters. The zero-order chi connectivity index (χ0) is 8.97. The molecule has 0 amide bonds. The highest BCUT2D eigenvalue weighted by molar-refractivity contribution is 7.99. The Labute approximate surface area is 79.9 Å². The summed E-state index contributed by atoms with van der Waals surface area (Å²) in [7, 11) is 0. The van der Waals surface area contributed by atoms with Crippen molar-refractivity contribution < 1.29 is 0 Å². The summed E-state index contributed by atoms with van der Waals surface area (Å²) in [5.74, 6) is 2.59. The van der Waals surface area contributed by atoms with Crippen molar-refractivity contribution in [1.82, 2.24) is 4.90 Å². The van der Waals surface area contributed by atoms with Crippen molar-refractivity contribution in [2.45, 2.75) is 32.4 Å². The van der Waals surface area contributed by atoms with Gasteiger partial charge in [0.15, 0.2) is 0 Å². The highest BCUT2D eigenvalue weighted by Crippen LogP contribution is 2.15. The molecule has 2 N–H and O–H groups in total. The van der Waals surface area contributed by atoms with E-state index in [0.717, 1.165) is 12.5 Å². The van der Waals surface area contributed by atoms with Crippen LogP contribution in [0.15, 0.2) is 0 Å². The quantitative estimate of drug-likeness (QED) is 0.721. The molecule has 0 aromatic heterocycles. The maximum absolute atomic E-state index is 5.72. The van der Waals surface area contributed by atoms with Gasteiger partial charge in [0.05, 0.1) is 0 Å². The lowest BCUT2D eigenvalue weighted by Crippen LogP contribution is -2.42. The van der Waals surface area contributed by atoms with E-state index in [9.17, 15) is 0 Å². The SMILES string of the molecule is CC(N)CCN1CCSCC1C. The Morgan fingerprint density at radius 2 is 2.42 bits per heavy atom. The third-order valence-electron chi connectivity index (χ3n) is 2.38. The number of nitrogens with two attached hydrogens (primary N) is 1. The first-order valence-corrected chi connectivity index (χ1v) is 5.93. The molecular formula is C9H20N2S. The van der Waals surface area contributed by atoms with Crippen LogP contribution in [0.1, 0.15) is 20.3 Å². The predicted molar refractivity (Wildman–Crippen MR) is 56.6 cm³/mol. The van der Waals surface area contributed by atoms with Gasteiger partial charge in [-0.3, -0.25) is 4.90 Å². The van der Waals surface area contributed by atoms with Gasteiger partial charge in [0.25, 0.3) is 0 Å². The monoisotopic (exact) mass is 188 g/mol. The molecule has 1 fully saturated rings. The van der Waals surface area contributed by atoms with Crippen LogP contribution >= 0.6 is 11.8 Å². The lowest BCUT2D eigenvalue weighted by atomic mass is 10.2. The van der Waals surface area contributed by atoms with Crippen LogP contribution in [0, 0.1) is 0 Å². The van der Waals surface area contributed by atoms with Crippen molar-refractivity contribution >= 4 is 11.8 Å². The average molecular weight is 188 g/mol. The van der Waals surface area contributed by atoms with Crippen molar-refractivity contribution in [1.29, 1.82) is 0 Å². The molecule has 1 aliphatic heterocycles. The van der Waals surface area contributed by atoms with E-state index in [2.05, 4.69) is 30.5 Å². The summed E-state index contributed by atoms with van der Waals surface area (Å²) in [5, 5.41) is 0. The fourth-order valence-corrected chi connectivity index (χ4v) is 2.55. The van der Waals surface area contributed by atoms with Gasteiger partial charge in [-0.25, -0.2) is 0 Å². The molecule has 1 rings (SSSR count). The second-order valence-corrected chi connectivity index (χ2v) is 4.88. The Morgan fingerprint density at radius 1 is 1.67 bits per heavy atom. The van der Waals surface area contributed by atoms with Gasteiger partial charge in [0.2, 0.25) is 0 Å². The minimum Gasteiger partial charge on any atom is -0.328 e. The minimum atomic E-state index is 0.353. The van der Waals surface area contributed by atoms with E-state index < -0.39 is 0 Å². The number of hydrogen-bond donors (Lipinski definition) is 1. The van der Waals surface area contributed by atoms with Crippen molar-refractivity contribution in [3.63, 3.8) is 0 Å². The van der Waals surface area contributed by atoms with Gasteiger partial charge >= 0.3 is 0 Å². The molecule has 0 aliphatic carbocycles. The van der Waals surface area contributed by atoms with E-state index in [4.69, 9.17) is 5.73 Å². The van der Waals surface area contributed by atoms with E-state index in [-0.39, 0.29) is 0 Å². The summed E-state index contributed by atoms with van der Waals surface area (Å²) in [4.78, 5) is 2.56. The summed E-state index contributed by atoms with van der Waals surface area (Å²) in [6, 6.07) is 1.11. The third-order valence-corrected chi connectivity index (χ3v) is 3.57. The van der Waals surface area contributed by atoms with Crippen LogP contribution in [-0.2, 0) is 0 Å². The fraction of sp³-hybridized carbons (Fsp3) is 1.00. The molecule has 1 heterocycles. The third kappa shape index (κ3) is 3.33. The molecule has 0 spiro atoms. The maximum Gasteiger partial charge on any atom is 0.0158 e. The van der Waals surface area contributed by atoms with Gasteiger partial charge in [-0.15, -0.1) is 0 Å². The summed E-state index contributed by atoms with van der Waals surface area (Å²) < 4.78 is 0. The highest BCUT2D eigenvalue weighted by Gasteiger charge is 2.17. The standard InChI is InChI=1S/C9H20N2S/c1-8(10)3-4-11-5-6-12-7-9(11)2/h8-9H,3-7,10H2,1-2H3. The van der Waals surface area contributed by atoms with Gasteiger partial charge in [0, 0.05) is 30.1 Å². The predicted octanol–water partition coefficient (Wildman–Crippen LogP) is 1.16. The van der Waals surface area contributed by atoms with Gasteiger partial charge in [-0.05, 0) is 26.8 Å². The van der Waals surface area contributed by atoms with Crippen LogP contribution in [0.2, 0.25) is 0 Å². The van der Waals surface area contributed by atoms with Crippen molar-refractivity contribution in [3.05, 3.63) is 0 Å². The lowest BCUT2D eigenvalue weighted by Gasteiger charge is -2.33. The van der Waals surface area contributed by atoms with Gasteiger partial charge in [-0.2, -0.15) is 11.8 Å². The molecule has 0 bridgehead atoms. The van der Waals surface area contributed by atoms with Crippen LogP contribution in [0.3, 0.4) is 0 Å². The maximum atomic E-state index is 5.72. The van der Waals surface area contributed by atoms with Gasteiger partial charge in [0.1, 0.15) is 0 Å². The Balaban J connectivity index is 2.20. The number of hydrogen-bond acceptors (Lipinski definition) is 3. The molecule has 2 nitrogen and oxygen atoms in total. The van der Waals surface area contributed by atoms with Crippen LogP contribution in [0.5, 0.6) is 0 Å². The minimum absolute atomic E-state index is 0.353. The normalized spacial score (nSPS) is 28.8. The molecule has 2 atom stereocenters. The van der Waals surface area contributed by atoms with Crippen LogP contribution in [-0.4, -0.2) is 41.6 Å². The zero-order valence-corrected chi connectivity index (χ0v) is 8.94. The first-order chi connectivity index (χ1) is 5.70. The lowest BCUT2D eigenvalue weighted by molar-refractivity contribution is 0.225. The largest absolute Gasteiger partial charge is 0.328 e.